The van der Waals surface area contributed by atoms with E-state index in [0.717, 1.165) is 29.3 Å². The van der Waals surface area contributed by atoms with E-state index in [0.29, 0.717) is 34.2 Å². The van der Waals surface area contributed by atoms with Crippen LogP contribution in [-0.2, 0) is 15.8 Å². The van der Waals surface area contributed by atoms with Gasteiger partial charge in [-0.3, -0.25) is 14.6 Å². The highest BCUT2D eigenvalue weighted by molar-refractivity contribution is 6.35. The number of likely N-dealkylation sites (tertiary alicyclic amines) is 1. The van der Waals surface area contributed by atoms with Crippen molar-refractivity contribution in [2.24, 2.45) is 23.2 Å². The van der Waals surface area contributed by atoms with Gasteiger partial charge in [0.15, 0.2) is 5.69 Å². The van der Waals surface area contributed by atoms with Gasteiger partial charge in [-0.25, -0.2) is 0 Å². The highest BCUT2D eigenvalue weighted by atomic mass is 35.5. The van der Waals surface area contributed by atoms with E-state index in [9.17, 15) is 22.8 Å². The number of halogens is 4. The minimum Gasteiger partial charge on any atom is -0.360 e. The fourth-order valence-corrected chi connectivity index (χ4v) is 5.83. The lowest BCUT2D eigenvalue weighted by Crippen LogP contribution is -2.42. The van der Waals surface area contributed by atoms with Crippen molar-refractivity contribution >= 4 is 40.5 Å². The van der Waals surface area contributed by atoms with Gasteiger partial charge in [-0.1, -0.05) is 58.4 Å². The molecule has 5 rings (SSSR count). The third kappa shape index (κ3) is 8.14. The van der Waals surface area contributed by atoms with E-state index in [1.807, 2.05) is 23.1 Å². The Labute approximate surface area is 260 Å². The van der Waals surface area contributed by atoms with Crippen LogP contribution < -0.4 is 10.6 Å². The number of nitrogens with one attached hydrogen (secondary N) is 2. The molecule has 1 aromatic carbocycles. The van der Waals surface area contributed by atoms with Gasteiger partial charge in [-0.05, 0) is 48.3 Å². The molecule has 2 aromatic heterocycles. The maximum absolute atomic E-state index is 12.4. The van der Waals surface area contributed by atoms with Gasteiger partial charge in [-0.15, -0.1) is 10.2 Å². The van der Waals surface area contributed by atoms with E-state index < -0.39 is 17.9 Å². The van der Waals surface area contributed by atoms with Crippen molar-refractivity contribution < 1.29 is 22.8 Å². The molecule has 2 fully saturated rings. The van der Waals surface area contributed by atoms with Crippen LogP contribution >= 0.6 is 11.6 Å². The number of piperidine rings is 1. The first-order valence-electron chi connectivity index (χ1n) is 14.2. The number of pyridine rings is 1. The molecule has 2 aliphatic rings. The number of nitriles is 1. The topological polar surface area (TPSA) is 124 Å². The zero-order valence-corrected chi connectivity index (χ0v) is 26.2. The highest BCUT2D eigenvalue weighted by Gasteiger charge is 2.66. The smallest absolute Gasteiger partial charge is 0.360 e. The molecule has 0 bridgehead atoms. The molecule has 13 heteroatoms. The largest absolute Gasteiger partial charge is 0.435 e. The minimum atomic E-state index is -4.51. The molecule has 0 spiro atoms. The molecule has 44 heavy (non-hydrogen) atoms. The van der Waals surface area contributed by atoms with Crippen LogP contribution in [0.1, 0.15) is 58.8 Å². The number of carbonyl (C=O) groups is 2. The fourth-order valence-electron chi connectivity index (χ4n) is 5.54. The highest BCUT2D eigenvalue weighted by Crippen LogP contribution is 2.64. The van der Waals surface area contributed by atoms with Gasteiger partial charge in [-0.2, -0.15) is 18.4 Å². The van der Waals surface area contributed by atoms with Crippen LogP contribution in [0.25, 0.3) is 10.8 Å². The minimum absolute atomic E-state index is 0.00422. The fraction of sp³-hybridized carbons (Fsp3) is 0.484. The van der Waals surface area contributed by atoms with Crippen molar-refractivity contribution in [2.75, 3.05) is 18.4 Å². The molecule has 0 radical (unpaired) electrons. The monoisotopic (exact) mass is 631 g/mol. The maximum atomic E-state index is 12.4. The summed E-state index contributed by atoms with van der Waals surface area (Å²) in [7, 11) is 0. The van der Waals surface area contributed by atoms with Crippen molar-refractivity contribution in [1.82, 2.24) is 25.4 Å². The van der Waals surface area contributed by atoms with E-state index in [4.69, 9.17) is 16.9 Å². The number of rotatable bonds is 6. The molecule has 2 N–H and O–H groups in total. The molecular formula is C31H37ClF3N7O2. The molecule has 9 nitrogen and oxygen atoms in total. The van der Waals surface area contributed by atoms with Crippen molar-refractivity contribution in [3.05, 3.63) is 59.0 Å². The van der Waals surface area contributed by atoms with Crippen LogP contribution in [0.4, 0.5) is 19.0 Å². The quantitative estimate of drug-likeness (QED) is 0.307. The predicted octanol–water partition coefficient (Wildman–Crippen LogP) is 6.27. The van der Waals surface area contributed by atoms with Crippen LogP contribution in [0.3, 0.4) is 0 Å². The van der Waals surface area contributed by atoms with Gasteiger partial charge in [0.05, 0.1) is 12.6 Å². The van der Waals surface area contributed by atoms with E-state index in [1.165, 1.54) is 6.07 Å². The lowest BCUT2D eigenvalue weighted by Gasteiger charge is -2.28. The Hall–Kier alpha value is -3.98. The summed E-state index contributed by atoms with van der Waals surface area (Å²) in [6.45, 7) is 13.7. The van der Waals surface area contributed by atoms with E-state index in [2.05, 4.69) is 67.4 Å². The molecule has 236 valence electrons. The Balaban J connectivity index is 0.000000222. The first kappa shape index (κ1) is 34.5. The molecular weight excluding hydrogens is 595 g/mol. The van der Waals surface area contributed by atoms with Crippen LogP contribution in [0.2, 0.25) is 5.02 Å². The number of amides is 2. The first-order valence-corrected chi connectivity index (χ1v) is 14.6. The first-order chi connectivity index (χ1) is 20.6. The molecule has 3 heterocycles. The second-order valence-corrected chi connectivity index (χ2v) is 12.4. The van der Waals surface area contributed by atoms with Crippen LogP contribution in [-0.4, -0.2) is 51.5 Å². The Morgan fingerprint density at radius 1 is 1.20 bits per heavy atom. The number of hydrogen-bond donors (Lipinski definition) is 2. The van der Waals surface area contributed by atoms with E-state index in [1.54, 1.807) is 18.5 Å². The lowest BCUT2D eigenvalue weighted by molar-refractivity contribution is -0.141. The number of nitrogens with zero attached hydrogens (tertiary/aromatic N) is 5. The second kappa shape index (κ2) is 14.2. The van der Waals surface area contributed by atoms with Gasteiger partial charge < -0.3 is 15.5 Å². The average Bonchev–Trinajstić information content (AvgIpc) is 3.30. The molecule has 1 saturated carbocycles. The van der Waals surface area contributed by atoms with Gasteiger partial charge in [0, 0.05) is 46.3 Å². The number of aromatic nitrogens is 3. The number of carbonyl (C=O) groups excluding carboxylic acids is 2. The summed E-state index contributed by atoms with van der Waals surface area (Å²) in [6, 6.07) is 8.87. The third-order valence-corrected chi connectivity index (χ3v) is 7.99. The molecule has 3 aromatic rings. The zero-order chi connectivity index (χ0) is 32.8. The summed E-state index contributed by atoms with van der Waals surface area (Å²) in [5, 5.41) is 22.9. The Kier molecular flexibility index (Phi) is 11.1. The summed E-state index contributed by atoms with van der Waals surface area (Å²) in [5.41, 5.74) is -0.143. The molecule has 3 unspecified atom stereocenters. The lowest BCUT2D eigenvalue weighted by atomic mass is 10.0. The van der Waals surface area contributed by atoms with E-state index >= 15 is 0 Å². The number of alkyl halides is 3. The summed E-state index contributed by atoms with van der Waals surface area (Å²) in [6.07, 6.45) is -0.817. The third-order valence-electron chi connectivity index (χ3n) is 7.68. The summed E-state index contributed by atoms with van der Waals surface area (Å²) in [5.74, 6) is 2.01. The SMILES string of the molecule is CC(C)C.C[C@@H]1C2C(CN1C(=O)CNc1ccc(C(F)(F)F)nn1)C2(C)C.N#CC(NC=O)c1cncc2cccc(Cl)c12. The maximum Gasteiger partial charge on any atom is 0.435 e. The summed E-state index contributed by atoms with van der Waals surface area (Å²) < 4.78 is 37.2. The van der Waals surface area contributed by atoms with Gasteiger partial charge in [0.2, 0.25) is 12.3 Å². The van der Waals surface area contributed by atoms with Crippen LogP contribution in [0, 0.1) is 34.5 Å². The number of hydrogen-bond acceptors (Lipinski definition) is 7. The number of fused-ring (bicyclic) bond motifs is 2. The Morgan fingerprint density at radius 2 is 1.89 bits per heavy atom. The van der Waals surface area contributed by atoms with E-state index in [-0.39, 0.29) is 24.3 Å². The van der Waals surface area contributed by atoms with Crippen LogP contribution in [0.15, 0.2) is 42.7 Å². The van der Waals surface area contributed by atoms with Crippen molar-refractivity contribution in [3.8, 4) is 6.07 Å². The number of benzene rings is 1. The summed E-state index contributed by atoms with van der Waals surface area (Å²) >= 11 is 6.11. The molecule has 1 aliphatic carbocycles. The summed E-state index contributed by atoms with van der Waals surface area (Å²) in [4.78, 5) is 28.6. The molecule has 1 aliphatic heterocycles. The van der Waals surface area contributed by atoms with Gasteiger partial charge in [0.1, 0.15) is 11.9 Å². The Morgan fingerprint density at radius 3 is 2.41 bits per heavy atom. The second-order valence-electron chi connectivity index (χ2n) is 12.0. The molecule has 1 saturated heterocycles. The van der Waals surface area contributed by atoms with Crippen molar-refractivity contribution in [3.63, 3.8) is 0 Å². The number of anilines is 1. The zero-order valence-electron chi connectivity index (χ0n) is 25.5. The van der Waals surface area contributed by atoms with Crippen LogP contribution in [0.5, 0.6) is 0 Å². The average molecular weight is 632 g/mol. The normalized spacial score (nSPS) is 20.2. The van der Waals surface area contributed by atoms with Gasteiger partial charge >= 0.3 is 6.18 Å². The Bertz CT molecular complexity index is 1480. The standard InChI is InChI=1S/C15H19F3N4O.C12H8ClN3O.C4H10/c1-8-13-9(14(13,2)3)7-22(8)12(23)6-19-11-5-4-10(20-21-11)15(16,17)18;13-10-3-1-2-8-5-15-6-9(12(8)10)11(4-14)16-7-17;1-4(2)3/h4-5,8-9,13H,6-7H2,1-3H3,(H,19,21);1-3,5-7,11H,(H,16,17);4H,1-3H3/t8-,9?,13?;;/m1../s1. The molecule has 4 atom stereocenters. The predicted molar refractivity (Wildman–Crippen MR) is 162 cm³/mol. The molecule has 2 amide bonds. The van der Waals surface area contributed by atoms with Crippen molar-refractivity contribution in [1.29, 1.82) is 5.26 Å². The van der Waals surface area contributed by atoms with Gasteiger partial charge in [0.25, 0.3) is 0 Å². The van der Waals surface area contributed by atoms with Crippen molar-refractivity contribution in [2.45, 2.75) is 59.8 Å².